The predicted octanol–water partition coefficient (Wildman–Crippen LogP) is 4.06. The summed E-state index contributed by atoms with van der Waals surface area (Å²) in [5, 5.41) is 2.91. The quantitative estimate of drug-likeness (QED) is 0.517. The van der Waals surface area contributed by atoms with Gasteiger partial charge in [0.2, 0.25) is 6.41 Å². The zero-order valence-electron chi connectivity index (χ0n) is 21.4. The summed E-state index contributed by atoms with van der Waals surface area (Å²) < 4.78 is 41.2. The first-order valence-corrected chi connectivity index (χ1v) is 12.7. The van der Waals surface area contributed by atoms with Crippen LogP contribution in [0.5, 0.6) is 0 Å². The normalized spacial score (nSPS) is 24.4. The second-order valence-electron chi connectivity index (χ2n) is 11.0. The van der Waals surface area contributed by atoms with Crippen LogP contribution in [0.2, 0.25) is 0 Å². The van der Waals surface area contributed by atoms with Gasteiger partial charge in [0.1, 0.15) is 11.6 Å². The van der Waals surface area contributed by atoms with Crippen molar-refractivity contribution < 1.29 is 22.7 Å². The molecule has 0 bridgehead atoms. The molecule has 2 aliphatic rings. The number of rotatable bonds is 9. The maximum absolute atomic E-state index is 12.4. The average Bonchev–Trinajstić information content (AvgIpc) is 2.78. The third kappa shape index (κ3) is 8.59. The second kappa shape index (κ2) is 11.9. The molecular formula is C25H40F3N5O2. The summed E-state index contributed by atoms with van der Waals surface area (Å²) in [7, 11) is 0. The van der Waals surface area contributed by atoms with Gasteiger partial charge in [0.25, 0.3) is 0 Å². The zero-order chi connectivity index (χ0) is 25.6. The number of alkyl halides is 3. The molecule has 7 nitrogen and oxygen atoms in total. The van der Waals surface area contributed by atoms with Gasteiger partial charge in [-0.25, -0.2) is 9.97 Å². The molecule has 1 unspecified atom stereocenters. The molecule has 0 spiro atoms. The summed E-state index contributed by atoms with van der Waals surface area (Å²) in [5.74, 6) is 2.12. The minimum Gasteiger partial charge on any atom is -0.356 e. The van der Waals surface area contributed by atoms with E-state index < -0.39 is 13.0 Å². The Balaban J connectivity index is 1.57. The van der Waals surface area contributed by atoms with Crippen LogP contribution in [0.3, 0.4) is 0 Å². The second-order valence-corrected chi connectivity index (χ2v) is 11.0. The highest BCUT2D eigenvalue weighted by Gasteiger charge is 2.30. The van der Waals surface area contributed by atoms with Gasteiger partial charge in [-0.3, -0.25) is 14.4 Å². The van der Waals surface area contributed by atoms with E-state index in [-0.39, 0.29) is 11.8 Å². The molecule has 1 amide bonds. The number of hydrogen-bond donors (Lipinski definition) is 1. The first-order valence-electron chi connectivity index (χ1n) is 12.7. The molecule has 1 aliphatic heterocycles. The van der Waals surface area contributed by atoms with E-state index in [4.69, 9.17) is 4.98 Å². The van der Waals surface area contributed by atoms with E-state index in [0.717, 1.165) is 64.1 Å². The molecule has 2 fully saturated rings. The minimum atomic E-state index is -4.64. The van der Waals surface area contributed by atoms with Gasteiger partial charge in [-0.05, 0) is 51.5 Å². The highest BCUT2D eigenvalue weighted by Crippen LogP contribution is 2.28. The van der Waals surface area contributed by atoms with Crippen molar-refractivity contribution in [1.82, 2.24) is 20.2 Å². The lowest BCUT2D eigenvalue weighted by molar-refractivity contribution is -0.324. The Hall–Kier alpha value is -1.94. The van der Waals surface area contributed by atoms with Gasteiger partial charge >= 0.3 is 6.36 Å². The number of hydrogen-bond acceptors (Lipinski definition) is 6. The predicted molar refractivity (Wildman–Crippen MR) is 129 cm³/mol. The molecule has 198 valence electrons. The van der Waals surface area contributed by atoms with E-state index in [1.165, 1.54) is 6.42 Å². The van der Waals surface area contributed by atoms with E-state index in [9.17, 15) is 18.0 Å². The van der Waals surface area contributed by atoms with Crippen LogP contribution in [0.1, 0.15) is 71.3 Å². The number of halogens is 3. The molecule has 1 atom stereocenters. The Bertz CT molecular complexity index is 822. The van der Waals surface area contributed by atoms with Gasteiger partial charge in [0.05, 0.1) is 6.61 Å². The number of carbonyl (C=O) groups is 1. The number of piperazine rings is 1. The first kappa shape index (κ1) is 27.6. The highest BCUT2D eigenvalue weighted by molar-refractivity contribution is 5.46. The first-order chi connectivity index (χ1) is 16.4. The maximum Gasteiger partial charge on any atom is 0.522 e. The van der Waals surface area contributed by atoms with E-state index in [1.54, 1.807) is 0 Å². The molecule has 1 aromatic heterocycles. The van der Waals surface area contributed by atoms with Crippen molar-refractivity contribution in [3.63, 3.8) is 0 Å². The highest BCUT2D eigenvalue weighted by atomic mass is 19.4. The summed E-state index contributed by atoms with van der Waals surface area (Å²) in [6, 6.07) is 2.49. The molecule has 0 aromatic carbocycles. The maximum atomic E-state index is 12.4. The van der Waals surface area contributed by atoms with Crippen LogP contribution in [-0.4, -0.2) is 72.5 Å². The number of nitrogens with one attached hydrogen (secondary N) is 1. The molecule has 1 N–H and O–H groups in total. The monoisotopic (exact) mass is 499 g/mol. The largest absolute Gasteiger partial charge is 0.522 e. The van der Waals surface area contributed by atoms with Gasteiger partial charge in [-0.2, -0.15) is 0 Å². The van der Waals surface area contributed by atoms with Crippen molar-refractivity contribution in [3.8, 4) is 0 Å². The molecule has 0 radical (unpaired) electrons. The molecule has 1 aromatic rings. The Kier molecular flexibility index (Phi) is 9.37. The lowest BCUT2D eigenvalue weighted by Gasteiger charge is -2.41. The molecule has 10 heteroatoms. The van der Waals surface area contributed by atoms with Crippen molar-refractivity contribution >= 4 is 12.2 Å². The van der Waals surface area contributed by atoms with E-state index in [2.05, 4.69) is 31.8 Å². The molecule has 1 saturated heterocycles. The van der Waals surface area contributed by atoms with Crippen LogP contribution in [0, 0.1) is 5.92 Å². The Morgan fingerprint density at radius 3 is 2.46 bits per heavy atom. The van der Waals surface area contributed by atoms with Crippen molar-refractivity contribution in [1.29, 1.82) is 0 Å². The smallest absolute Gasteiger partial charge is 0.356 e. The number of amides is 1. The summed E-state index contributed by atoms with van der Waals surface area (Å²) in [4.78, 5) is 24.7. The fourth-order valence-corrected chi connectivity index (χ4v) is 4.98. The Morgan fingerprint density at radius 2 is 1.86 bits per heavy atom. The molecule has 3 rings (SSSR count). The lowest BCUT2D eigenvalue weighted by Crippen LogP contribution is -2.52. The fraction of sp³-hybridized carbons (Fsp3) is 0.800. The van der Waals surface area contributed by atoms with Crippen LogP contribution in [-0.2, 0) is 21.4 Å². The number of ether oxygens (including phenoxy) is 1. The Labute approximate surface area is 206 Å². The molecular weight excluding hydrogens is 459 g/mol. The molecule has 1 aliphatic carbocycles. The van der Waals surface area contributed by atoms with Crippen LogP contribution in [0.4, 0.5) is 19.0 Å². The fourth-order valence-electron chi connectivity index (χ4n) is 4.98. The van der Waals surface area contributed by atoms with Crippen molar-refractivity contribution in [2.24, 2.45) is 5.92 Å². The van der Waals surface area contributed by atoms with Gasteiger partial charge < -0.3 is 10.2 Å². The average molecular weight is 500 g/mol. The third-order valence-corrected chi connectivity index (χ3v) is 7.12. The van der Waals surface area contributed by atoms with Crippen LogP contribution in [0.15, 0.2) is 6.07 Å². The number of carbonyl (C=O) groups excluding carboxylic acids is 1. The summed E-state index contributed by atoms with van der Waals surface area (Å²) in [6.45, 7) is 11.4. The summed E-state index contributed by atoms with van der Waals surface area (Å²) >= 11 is 0. The summed E-state index contributed by atoms with van der Waals surface area (Å²) in [6.07, 6.45) is 1.88. The Morgan fingerprint density at radius 1 is 1.14 bits per heavy atom. The van der Waals surface area contributed by atoms with E-state index in [1.807, 2.05) is 26.8 Å². The van der Waals surface area contributed by atoms with E-state index in [0.29, 0.717) is 29.5 Å². The van der Waals surface area contributed by atoms with Crippen molar-refractivity contribution in [2.75, 3.05) is 37.7 Å². The number of nitrogens with zero attached hydrogens (tertiary/aromatic N) is 4. The van der Waals surface area contributed by atoms with Crippen LogP contribution < -0.4 is 10.2 Å². The van der Waals surface area contributed by atoms with Crippen LogP contribution >= 0.6 is 0 Å². The van der Waals surface area contributed by atoms with Gasteiger partial charge in [-0.15, -0.1) is 13.2 Å². The topological polar surface area (TPSA) is 70.6 Å². The number of aromatic nitrogens is 2. The third-order valence-electron chi connectivity index (χ3n) is 7.12. The van der Waals surface area contributed by atoms with E-state index >= 15 is 0 Å². The summed E-state index contributed by atoms with van der Waals surface area (Å²) in [5.41, 5.74) is 0.252. The molecule has 1 saturated carbocycles. The standard InChI is InChI=1S/C25H40F3N5O2/c1-18-16-33(13-12-32(18)11-9-19-5-7-20(8-6-19)29-17-34)22-15-21(10-14-35-25(26,27)28)30-23(31-22)24(2,3)4/h15,17-20H,5-14,16H2,1-4H3,(H,29,34). The van der Waals surface area contributed by atoms with Gasteiger partial charge in [-0.1, -0.05) is 20.8 Å². The van der Waals surface area contributed by atoms with Gasteiger partial charge in [0, 0.05) is 55.3 Å². The zero-order valence-corrected chi connectivity index (χ0v) is 21.4. The van der Waals surface area contributed by atoms with Gasteiger partial charge in [0.15, 0.2) is 0 Å². The minimum absolute atomic E-state index is 0.0816. The van der Waals surface area contributed by atoms with Crippen LogP contribution in [0.25, 0.3) is 0 Å². The molecule has 2 heterocycles. The van der Waals surface area contributed by atoms with Crippen molar-refractivity contribution in [3.05, 3.63) is 17.6 Å². The number of anilines is 1. The molecule has 35 heavy (non-hydrogen) atoms. The van der Waals surface area contributed by atoms with Crippen molar-refractivity contribution in [2.45, 2.75) is 90.1 Å². The lowest BCUT2D eigenvalue weighted by atomic mass is 9.84. The SMILES string of the molecule is CC1CN(c2cc(CCOC(F)(F)F)nc(C(C)(C)C)n2)CCN1CCC1CCC(NC=O)CC1.